The lowest BCUT2D eigenvalue weighted by Gasteiger charge is -2.38. The average molecular weight is 932 g/mol. The third-order valence-electron chi connectivity index (χ3n) is 10.2. The van der Waals surface area contributed by atoms with E-state index >= 15 is 0 Å². The van der Waals surface area contributed by atoms with Crippen LogP contribution in [0.4, 0.5) is 11.4 Å². The van der Waals surface area contributed by atoms with E-state index in [2.05, 4.69) is 16.0 Å². The Kier molecular flexibility index (Phi) is 21.3. The number of hydrogen-bond acceptors (Lipinski definition) is 13. The van der Waals surface area contributed by atoms with Gasteiger partial charge in [-0.1, -0.05) is 35.3 Å². The Morgan fingerprint density at radius 3 is 1.94 bits per heavy atom. The number of halogens is 2. The maximum Gasteiger partial charge on any atom is 0.306 e. The molecule has 0 radical (unpaired) electrons. The van der Waals surface area contributed by atoms with E-state index in [1.54, 1.807) is 41.2 Å². The van der Waals surface area contributed by atoms with Gasteiger partial charge in [-0.15, -0.1) is 0 Å². The highest BCUT2D eigenvalue weighted by atomic mass is 35.5. The van der Waals surface area contributed by atoms with E-state index in [4.69, 9.17) is 61.1 Å². The highest BCUT2D eigenvalue weighted by Gasteiger charge is 2.36. The highest BCUT2D eigenvalue weighted by Crippen LogP contribution is 2.41. The molecule has 0 bridgehead atoms. The second-order valence-corrected chi connectivity index (χ2v) is 17.2. The molecule has 5 rings (SSSR count). The Hall–Kier alpha value is -4.06. The normalized spacial score (nSPS) is 13.8. The fraction of sp³-hybridized carbons (Fsp3) is 0.574. The van der Waals surface area contributed by atoms with Gasteiger partial charge in [-0.05, 0) is 76.3 Å². The molecule has 352 valence electrons. The molecule has 3 aromatic rings. The van der Waals surface area contributed by atoms with Crippen LogP contribution in [0.5, 0.6) is 11.5 Å². The van der Waals surface area contributed by atoms with Crippen molar-refractivity contribution in [3.8, 4) is 11.5 Å². The number of nitrogens with zero attached hydrogens (tertiary/aromatic N) is 4. The Balaban J connectivity index is 0.878. The summed E-state index contributed by atoms with van der Waals surface area (Å²) < 4.78 is 44.7. The molecule has 15 nitrogen and oxygen atoms in total. The molecule has 1 fully saturated rings. The largest absolute Gasteiger partial charge is 0.460 e. The quantitative estimate of drug-likeness (QED) is 0.0503. The molecule has 0 atom stereocenters. The van der Waals surface area contributed by atoms with E-state index in [1.807, 2.05) is 39.0 Å². The van der Waals surface area contributed by atoms with Crippen LogP contribution in [0.25, 0.3) is 0 Å². The van der Waals surface area contributed by atoms with Gasteiger partial charge in [0.1, 0.15) is 22.7 Å². The zero-order valence-electron chi connectivity index (χ0n) is 37.7. The van der Waals surface area contributed by atoms with Crippen LogP contribution < -0.4 is 14.5 Å². The Morgan fingerprint density at radius 2 is 1.33 bits per heavy atom. The topological polar surface area (TPSA) is 148 Å². The standard InChI is InChI=1S/C47H64Cl2N4O11/c1-47(2,3)64-45(55)10-7-20-57-22-24-59-26-28-61-30-31-62-29-27-60-25-23-58-21-19-51(4)44(54)14-11-35-32-39(49)43(33-38(35)48)63-42-15-16-50-34-37(42)46(56)53-18-17-52(36-12-13-36)40-8-5-6-9-41(40)53/h5-6,8-9,15-16,32-34,36H,7,10-14,17-31H2,1-4H3. The molecule has 2 amide bonds. The number of amides is 2. The molecule has 64 heavy (non-hydrogen) atoms. The second-order valence-electron chi connectivity index (χ2n) is 16.4. The zero-order valence-corrected chi connectivity index (χ0v) is 39.2. The summed E-state index contributed by atoms with van der Waals surface area (Å²) in [6.07, 6.45) is 6.97. The van der Waals surface area contributed by atoms with Crippen LogP contribution in [0.2, 0.25) is 10.0 Å². The van der Waals surface area contributed by atoms with Gasteiger partial charge in [0.2, 0.25) is 5.91 Å². The summed E-state index contributed by atoms with van der Waals surface area (Å²) in [6, 6.07) is 13.5. The first-order valence-corrected chi connectivity index (χ1v) is 22.9. The van der Waals surface area contributed by atoms with Crippen molar-refractivity contribution in [2.45, 2.75) is 70.9 Å². The molecule has 2 aliphatic rings. The predicted octanol–water partition coefficient (Wildman–Crippen LogP) is 7.42. The minimum absolute atomic E-state index is 0.0599. The number of hydrogen-bond donors (Lipinski definition) is 0. The van der Waals surface area contributed by atoms with Crippen molar-refractivity contribution in [3.05, 3.63) is 76.0 Å². The van der Waals surface area contributed by atoms with E-state index in [1.165, 1.54) is 19.0 Å². The number of benzene rings is 2. The Morgan fingerprint density at radius 1 is 0.734 bits per heavy atom. The number of pyridine rings is 1. The molecule has 2 aromatic carbocycles. The predicted molar refractivity (Wildman–Crippen MR) is 245 cm³/mol. The smallest absolute Gasteiger partial charge is 0.306 e. The number of esters is 1. The van der Waals surface area contributed by atoms with Crippen LogP contribution in [0.3, 0.4) is 0 Å². The van der Waals surface area contributed by atoms with Gasteiger partial charge in [0.05, 0.1) is 89.1 Å². The fourth-order valence-electron chi connectivity index (χ4n) is 6.77. The summed E-state index contributed by atoms with van der Waals surface area (Å²) in [6.45, 7) is 12.5. The maximum absolute atomic E-state index is 14.0. The minimum atomic E-state index is -0.467. The van der Waals surface area contributed by atoms with Gasteiger partial charge in [-0.3, -0.25) is 19.4 Å². The molecule has 1 aliphatic heterocycles. The summed E-state index contributed by atoms with van der Waals surface area (Å²) in [4.78, 5) is 48.6. The number of carbonyl (C=O) groups excluding carboxylic acids is 3. The van der Waals surface area contributed by atoms with Crippen LogP contribution in [0.15, 0.2) is 54.9 Å². The summed E-state index contributed by atoms with van der Waals surface area (Å²) in [5.41, 5.74) is 2.48. The Bertz CT molecular complexity index is 1930. The monoisotopic (exact) mass is 930 g/mol. The van der Waals surface area contributed by atoms with Gasteiger partial charge in [-0.25, -0.2) is 0 Å². The first-order chi connectivity index (χ1) is 30.9. The number of likely N-dealkylation sites (N-methyl/N-ethyl adjacent to an activating group) is 1. The lowest BCUT2D eigenvalue weighted by Crippen LogP contribution is -2.45. The number of anilines is 2. The molecule has 0 unspecified atom stereocenters. The SMILES string of the molecule is CN(CCOCCOCCOCCOCCOCCOCCCC(=O)OC(C)(C)C)C(=O)CCc1cc(Cl)c(Oc2ccncc2C(=O)N2CCN(C3CC3)c3ccccc32)cc1Cl. The van der Waals surface area contributed by atoms with Gasteiger partial charge < -0.3 is 52.6 Å². The molecule has 1 saturated carbocycles. The van der Waals surface area contributed by atoms with E-state index in [9.17, 15) is 14.4 Å². The fourth-order valence-corrected chi connectivity index (χ4v) is 7.24. The third-order valence-corrected chi connectivity index (χ3v) is 10.8. The van der Waals surface area contributed by atoms with E-state index in [0.29, 0.717) is 150 Å². The van der Waals surface area contributed by atoms with Crippen LogP contribution in [-0.2, 0) is 49.2 Å². The van der Waals surface area contributed by atoms with Gasteiger partial charge in [0.15, 0.2) is 0 Å². The van der Waals surface area contributed by atoms with Crippen molar-refractivity contribution < 1.29 is 52.3 Å². The lowest BCUT2D eigenvalue weighted by molar-refractivity contribution is -0.155. The van der Waals surface area contributed by atoms with E-state index in [0.717, 1.165) is 17.9 Å². The number of para-hydroxylation sites is 2. The molecule has 2 heterocycles. The molecule has 1 aromatic heterocycles. The van der Waals surface area contributed by atoms with Crippen molar-refractivity contribution in [2.75, 3.05) is 116 Å². The second kappa shape index (κ2) is 26.8. The molecule has 17 heteroatoms. The summed E-state index contributed by atoms with van der Waals surface area (Å²) in [5, 5.41) is 0.702. The van der Waals surface area contributed by atoms with Crippen LogP contribution >= 0.6 is 23.2 Å². The highest BCUT2D eigenvalue weighted by molar-refractivity contribution is 6.34. The van der Waals surface area contributed by atoms with E-state index in [-0.39, 0.29) is 24.2 Å². The van der Waals surface area contributed by atoms with Crippen molar-refractivity contribution in [2.24, 2.45) is 0 Å². The molecule has 0 N–H and O–H groups in total. The number of carbonyl (C=O) groups is 3. The summed E-state index contributed by atoms with van der Waals surface area (Å²) in [7, 11) is 1.73. The number of fused-ring (bicyclic) bond motifs is 1. The lowest BCUT2D eigenvalue weighted by atomic mass is 10.1. The zero-order chi connectivity index (χ0) is 45.7. The summed E-state index contributed by atoms with van der Waals surface area (Å²) in [5.74, 6) is 0.119. The Labute approximate surface area is 387 Å². The number of ether oxygens (including phenoxy) is 8. The van der Waals surface area contributed by atoms with Gasteiger partial charge in [0, 0.05) is 75.7 Å². The molecular formula is C47H64Cl2N4O11. The molecular weight excluding hydrogens is 867 g/mol. The van der Waals surface area contributed by atoms with Gasteiger partial charge in [0.25, 0.3) is 5.91 Å². The first-order valence-electron chi connectivity index (χ1n) is 22.1. The van der Waals surface area contributed by atoms with Crippen molar-refractivity contribution in [3.63, 3.8) is 0 Å². The van der Waals surface area contributed by atoms with Crippen LogP contribution in [0, 0.1) is 0 Å². The molecule has 0 saturated heterocycles. The number of aromatic nitrogens is 1. The summed E-state index contributed by atoms with van der Waals surface area (Å²) >= 11 is 13.4. The average Bonchev–Trinajstić information content (AvgIpc) is 4.12. The van der Waals surface area contributed by atoms with Crippen LogP contribution in [0.1, 0.15) is 68.8 Å². The minimum Gasteiger partial charge on any atom is -0.460 e. The first kappa shape index (κ1) is 50.9. The number of rotatable bonds is 29. The van der Waals surface area contributed by atoms with Crippen molar-refractivity contribution >= 4 is 52.4 Å². The molecule has 1 aliphatic carbocycles. The van der Waals surface area contributed by atoms with Crippen molar-refractivity contribution in [1.29, 1.82) is 0 Å². The van der Waals surface area contributed by atoms with E-state index < -0.39 is 5.60 Å². The van der Waals surface area contributed by atoms with Gasteiger partial charge in [-0.2, -0.15) is 0 Å². The van der Waals surface area contributed by atoms with Crippen molar-refractivity contribution in [1.82, 2.24) is 9.88 Å². The third kappa shape index (κ3) is 17.4. The van der Waals surface area contributed by atoms with Crippen LogP contribution in [-0.4, -0.2) is 145 Å². The maximum atomic E-state index is 14.0. The van der Waals surface area contributed by atoms with Gasteiger partial charge >= 0.3 is 5.97 Å². The molecule has 0 spiro atoms. The number of aryl methyl sites for hydroxylation is 1.